The molecule has 1 aromatic carbocycles. The van der Waals surface area contributed by atoms with E-state index in [2.05, 4.69) is 10.1 Å². The first kappa shape index (κ1) is 14.5. The molecule has 0 unspecified atom stereocenters. The summed E-state index contributed by atoms with van der Waals surface area (Å²) >= 11 is 0. The number of rotatable bonds is 5. The highest BCUT2D eigenvalue weighted by molar-refractivity contribution is 5.96. The normalized spacial score (nSPS) is 11.0. The van der Waals surface area contributed by atoms with Crippen molar-refractivity contribution in [2.75, 3.05) is 7.11 Å². The van der Waals surface area contributed by atoms with Crippen LogP contribution in [0, 0.1) is 0 Å². The van der Waals surface area contributed by atoms with E-state index in [-0.39, 0.29) is 12.3 Å². The summed E-state index contributed by atoms with van der Waals surface area (Å²) in [4.78, 5) is 19.3. The van der Waals surface area contributed by atoms with Crippen LogP contribution >= 0.6 is 0 Å². The third-order valence-electron chi connectivity index (χ3n) is 2.76. The number of amidine groups is 1. The molecule has 0 saturated heterocycles. The minimum absolute atomic E-state index is 0.113. The van der Waals surface area contributed by atoms with Crippen molar-refractivity contribution < 1.29 is 19.4 Å². The number of carbonyl (C=O) groups excluding carboxylic acids is 1. The van der Waals surface area contributed by atoms with Gasteiger partial charge in [-0.1, -0.05) is 17.3 Å². The summed E-state index contributed by atoms with van der Waals surface area (Å²) in [5.74, 6) is 0.382. The first-order valence-electron chi connectivity index (χ1n) is 6.32. The highest BCUT2D eigenvalue weighted by Crippen LogP contribution is 2.12. The van der Waals surface area contributed by atoms with Crippen molar-refractivity contribution in [2.24, 2.45) is 10.9 Å². The number of H-pyrrole nitrogens is 1. The van der Waals surface area contributed by atoms with E-state index in [1.807, 2.05) is 0 Å². The summed E-state index contributed by atoms with van der Waals surface area (Å²) in [6, 6.07) is 10.7. The molecule has 0 spiro atoms. The topological polar surface area (TPSA) is 88.0 Å². The number of nitrogens with one attached hydrogen (secondary N) is 1. The highest BCUT2D eigenvalue weighted by atomic mass is 16.7. The molecule has 0 aliphatic heterocycles. The van der Waals surface area contributed by atoms with Gasteiger partial charge in [0.25, 0.3) is 0 Å². The van der Waals surface area contributed by atoms with E-state index in [9.17, 15) is 4.79 Å². The fourth-order valence-electron chi connectivity index (χ4n) is 1.65. The van der Waals surface area contributed by atoms with E-state index in [1.165, 1.54) is 0 Å². The lowest BCUT2D eigenvalue weighted by atomic mass is 10.1. The van der Waals surface area contributed by atoms with Crippen molar-refractivity contribution in [3.05, 3.63) is 59.9 Å². The Kier molecular flexibility index (Phi) is 4.87. The minimum Gasteiger partial charge on any atom is -0.497 e. The first-order valence-corrected chi connectivity index (χ1v) is 6.32. The Morgan fingerprint density at radius 1 is 1.29 bits per heavy atom. The summed E-state index contributed by atoms with van der Waals surface area (Å²) in [5, 5.41) is 3.62. The van der Waals surface area contributed by atoms with Crippen LogP contribution in [-0.2, 0) is 16.1 Å². The monoisotopic (exact) mass is 286 g/mol. The maximum atomic E-state index is 11.7. The van der Waals surface area contributed by atoms with Crippen LogP contribution in [0.25, 0.3) is 0 Å². The average molecular weight is 286 g/mol. The number of nitrogens with zero attached hydrogens (tertiary/aromatic N) is 1. The lowest BCUT2D eigenvalue weighted by molar-refractivity contribution is -0.378. The van der Waals surface area contributed by atoms with Gasteiger partial charge in [-0.3, -0.25) is 0 Å². The van der Waals surface area contributed by atoms with Crippen molar-refractivity contribution in [3.63, 3.8) is 0 Å². The summed E-state index contributed by atoms with van der Waals surface area (Å²) in [7, 11) is 1.59. The lowest BCUT2D eigenvalue weighted by Gasteiger charge is -2.02. The fraction of sp³-hybridized carbons (Fsp3) is 0.133. The van der Waals surface area contributed by atoms with Crippen molar-refractivity contribution in [3.8, 4) is 5.75 Å². The van der Waals surface area contributed by atoms with Gasteiger partial charge in [-0.05, 0) is 23.8 Å². The zero-order valence-corrected chi connectivity index (χ0v) is 11.6. The Morgan fingerprint density at radius 3 is 2.67 bits per heavy atom. The molecule has 6 nitrogen and oxygen atoms in total. The van der Waals surface area contributed by atoms with Crippen LogP contribution < -0.4 is 15.5 Å². The molecule has 0 fully saturated rings. The van der Waals surface area contributed by atoms with Crippen molar-refractivity contribution in [1.82, 2.24) is 0 Å². The summed E-state index contributed by atoms with van der Waals surface area (Å²) in [6.45, 7) is 0. The van der Waals surface area contributed by atoms with E-state index in [0.717, 1.165) is 11.3 Å². The number of oxime groups is 1. The van der Waals surface area contributed by atoms with E-state index >= 15 is 0 Å². The lowest BCUT2D eigenvalue weighted by Crippen LogP contribution is -2.18. The summed E-state index contributed by atoms with van der Waals surface area (Å²) < 4.78 is 5.04. The molecule has 21 heavy (non-hydrogen) atoms. The molecular weight excluding hydrogens is 270 g/mol. The summed E-state index contributed by atoms with van der Waals surface area (Å²) in [6.07, 6.45) is 3.52. The molecule has 2 rings (SSSR count). The van der Waals surface area contributed by atoms with E-state index < -0.39 is 5.97 Å². The molecule has 0 saturated carbocycles. The third kappa shape index (κ3) is 4.31. The maximum absolute atomic E-state index is 11.7. The van der Waals surface area contributed by atoms with Crippen molar-refractivity contribution in [2.45, 2.75) is 6.42 Å². The second-order valence-corrected chi connectivity index (χ2v) is 4.26. The maximum Gasteiger partial charge on any atom is 0.339 e. The van der Waals surface area contributed by atoms with Gasteiger partial charge in [-0.25, -0.2) is 9.78 Å². The number of nitrogens with two attached hydrogens (primary N) is 1. The van der Waals surface area contributed by atoms with Gasteiger partial charge < -0.3 is 15.3 Å². The molecule has 0 bridgehead atoms. The number of ether oxygens (including phenoxy) is 1. The highest BCUT2D eigenvalue weighted by Gasteiger charge is 2.07. The number of pyridine rings is 1. The zero-order chi connectivity index (χ0) is 15.1. The number of carbonyl (C=O) groups is 1. The van der Waals surface area contributed by atoms with Gasteiger partial charge in [0, 0.05) is 6.07 Å². The van der Waals surface area contributed by atoms with Gasteiger partial charge in [0.05, 0.1) is 19.1 Å². The Bertz CT molecular complexity index is 624. The van der Waals surface area contributed by atoms with Gasteiger partial charge in [0.2, 0.25) is 0 Å². The number of methoxy groups -OCH3 is 1. The number of aromatic amines is 1. The Hall–Kier alpha value is -2.89. The van der Waals surface area contributed by atoms with Crippen molar-refractivity contribution in [1.29, 1.82) is 0 Å². The Morgan fingerprint density at radius 2 is 2.05 bits per heavy atom. The van der Waals surface area contributed by atoms with E-state index in [1.54, 1.807) is 55.9 Å². The van der Waals surface area contributed by atoms with Crippen LogP contribution in [0.5, 0.6) is 5.75 Å². The molecule has 0 atom stereocenters. The molecule has 1 aromatic heterocycles. The van der Waals surface area contributed by atoms with Crippen LogP contribution in [0.3, 0.4) is 0 Å². The minimum atomic E-state index is -0.483. The number of benzene rings is 1. The fourth-order valence-corrected chi connectivity index (χ4v) is 1.65. The second-order valence-electron chi connectivity index (χ2n) is 4.26. The molecule has 108 valence electrons. The molecule has 2 aromatic rings. The van der Waals surface area contributed by atoms with Crippen molar-refractivity contribution >= 4 is 11.8 Å². The van der Waals surface area contributed by atoms with E-state index in [0.29, 0.717) is 5.56 Å². The molecule has 1 heterocycles. The molecule has 6 heteroatoms. The molecule has 0 aliphatic carbocycles. The average Bonchev–Trinajstić information content (AvgIpc) is 2.54. The third-order valence-corrected chi connectivity index (χ3v) is 2.76. The number of aromatic nitrogens is 1. The zero-order valence-electron chi connectivity index (χ0n) is 11.6. The predicted molar refractivity (Wildman–Crippen MR) is 76.5 cm³/mol. The number of hydrogen-bond acceptors (Lipinski definition) is 4. The van der Waals surface area contributed by atoms with Crippen LogP contribution in [0.4, 0.5) is 0 Å². The van der Waals surface area contributed by atoms with E-state index in [4.69, 9.17) is 15.3 Å². The SMILES string of the molecule is COc1ccc(CC(=O)ON=C(N)c2ccc[nH+]c2)cc1. The molecular formula is C15H16N3O3+. The second kappa shape index (κ2) is 7.04. The quantitative estimate of drug-likeness (QED) is 0.383. The first-order chi connectivity index (χ1) is 10.2. The summed E-state index contributed by atoms with van der Waals surface area (Å²) in [5.41, 5.74) is 7.17. The Balaban J connectivity index is 1.92. The van der Waals surface area contributed by atoms with Gasteiger partial charge >= 0.3 is 5.97 Å². The Labute approximate surface area is 122 Å². The van der Waals surface area contributed by atoms with Gasteiger partial charge in [0.1, 0.15) is 5.75 Å². The van der Waals surface area contributed by atoms with Crippen LogP contribution in [0.1, 0.15) is 11.1 Å². The molecule has 3 N–H and O–H groups in total. The van der Waals surface area contributed by atoms with Gasteiger partial charge in [-0.15, -0.1) is 0 Å². The van der Waals surface area contributed by atoms with Crippen LogP contribution in [0.2, 0.25) is 0 Å². The standard InChI is InChI=1S/C15H15N3O3/c1-20-13-6-4-11(5-7-13)9-14(19)21-18-15(16)12-3-2-8-17-10-12/h2-8,10H,9H2,1H3,(H2,16,18)/p+1. The van der Waals surface area contributed by atoms with Gasteiger partial charge in [-0.2, -0.15) is 0 Å². The molecule has 0 amide bonds. The smallest absolute Gasteiger partial charge is 0.339 e. The molecule has 0 radical (unpaired) electrons. The van der Waals surface area contributed by atoms with Gasteiger partial charge in [0.15, 0.2) is 18.2 Å². The predicted octanol–water partition coefficient (Wildman–Crippen LogP) is 0.915. The number of hydrogen-bond donors (Lipinski definition) is 1. The molecule has 0 aliphatic rings. The van der Waals surface area contributed by atoms with Crippen LogP contribution in [0.15, 0.2) is 53.9 Å². The van der Waals surface area contributed by atoms with Crippen LogP contribution in [-0.4, -0.2) is 18.9 Å². The largest absolute Gasteiger partial charge is 0.497 e.